The van der Waals surface area contributed by atoms with Gasteiger partial charge < -0.3 is 9.72 Å². The summed E-state index contributed by atoms with van der Waals surface area (Å²) in [6.45, 7) is 5.93. The summed E-state index contributed by atoms with van der Waals surface area (Å²) in [6.07, 6.45) is 1.82. The lowest BCUT2D eigenvalue weighted by molar-refractivity contribution is 0.415. The Morgan fingerprint density at radius 2 is 2.00 bits per heavy atom. The molecular weight excluding hydrogens is 200 g/mol. The van der Waals surface area contributed by atoms with Crippen LogP contribution in [0.4, 0.5) is 0 Å². The first kappa shape index (κ1) is 12.3. The van der Waals surface area contributed by atoms with E-state index in [1.807, 2.05) is 51.2 Å². The number of rotatable bonds is 2. The van der Waals surface area contributed by atoms with Crippen LogP contribution in [0.3, 0.4) is 0 Å². The molecule has 0 atom stereocenters. The van der Waals surface area contributed by atoms with Crippen LogP contribution in [0.5, 0.6) is 5.75 Å². The number of imidazole rings is 1. The molecule has 1 aromatic carbocycles. The van der Waals surface area contributed by atoms with Gasteiger partial charge in [0.1, 0.15) is 11.6 Å². The highest BCUT2D eigenvalue weighted by molar-refractivity contribution is 5.60. The Balaban J connectivity index is 0.000000606. The van der Waals surface area contributed by atoms with Crippen molar-refractivity contribution in [2.45, 2.75) is 20.8 Å². The number of aryl methyl sites for hydroxylation is 1. The number of H-pyrrole nitrogens is 1. The van der Waals surface area contributed by atoms with Crippen LogP contribution >= 0.6 is 0 Å². The van der Waals surface area contributed by atoms with Crippen molar-refractivity contribution in [2.24, 2.45) is 0 Å². The number of methoxy groups -OCH3 is 1. The molecule has 0 amide bonds. The van der Waals surface area contributed by atoms with Gasteiger partial charge in [0, 0.05) is 5.56 Å². The summed E-state index contributed by atoms with van der Waals surface area (Å²) in [5.74, 6) is 1.78. The average Bonchev–Trinajstić information content (AvgIpc) is 2.79. The van der Waals surface area contributed by atoms with E-state index in [9.17, 15) is 0 Å². The monoisotopic (exact) mass is 218 g/mol. The molecule has 0 unspecified atom stereocenters. The van der Waals surface area contributed by atoms with E-state index in [4.69, 9.17) is 4.74 Å². The fourth-order valence-electron chi connectivity index (χ4n) is 1.36. The highest BCUT2D eigenvalue weighted by Gasteiger charge is 2.01. The Morgan fingerprint density at radius 3 is 2.56 bits per heavy atom. The summed E-state index contributed by atoms with van der Waals surface area (Å²) in [5, 5.41) is 0. The zero-order valence-corrected chi connectivity index (χ0v) is 10.2. The number of hydrogen-bond donors (Lipinski definition) is 1. The topological polar surface area (TPSA) is 37.9 Å². The van der Waals surface area contributed by atoms with Crippen LogP contribution in [0.1, 0.15) is 19.7 Å². The minimum absolute atomic E-state index is 0.856. The molecule has 0 fully saturated rings. The van der Waals surface area contributed by atoms with Crippen molar-refractivity contribution >= 4 is 0 Å². The summed E-state index contributed by atoms with van der Waals surface area (Å²) in [6, 6.07) is 7.89. The number of hydrogen-bond acceptors (Lipinski definition) is 2. The van der Waals surface area contributed by atoms with Gasteiger partial charge in [-0.3, -0.25) is 0 Å². The number of nitrogens with zero attached hydrogens (tertiary/aromatic N) is 1. The second-order valence-corrected chi connectivity index (χ2v) is 3.11. The van der Waals surface area contributed by atoms with Crippen LogP contribution in [-0.2, 0) is 0 Å². The third-order valence-corrected chi connectivity index (χ3v) is 2.08. The van der Waals surface area contributed by atoms with Gasteiger partial charge in [-0.2, -0.15) is 0 Å². The van der Waals surface area contributed by atoms with E-state index in [1.165, 1.54) is 0 Å². The molecule has 0 saturated carbocycles. The lowest BCUT2D eigenvalue weighted by Gasteiger charge is -2.01. The second-order valence-electron chi connectivity index (χ2n) is 3.11. The first-order valence-electron chi connectivity index (χ1n) is 5.45. The van der Waals surface area contributed by atoms with Gasteiger partial charge in [-0.15, -0.1) is 0 Å². The maximum absolute atomic E-state index is 5.15. The van der Waals surface area contributed by atoms with E-state index in [2.05, 4.69) is 9.97 Å². The van der Waals surface area contributed by atoms with E-state index in [-0.39, 0.29) is 0 Å². The van der Waals surface area contributed by atoms with Gasteiger partial charge in [0.05, 0.1) is 19.0 Å². The van der Waals surface area contributed by atoms with Crippen LogP contribution in [-0.4, -0.2) is 17.1 Å². The van der Waals surface area contributed by atoms with Crippen molar-refractivity contribution in [1.82, 2.24) is 9.97 Å². The minimum atomic E-state index is 0.856. The Morgan fingerprint density at radius 1 is 1.25 bits per heavy atom. The Kier molecular flexibility index (Phi) is 4.58. The molecule has 86 valence electrons. The average molecular weight is 218 g/mol. The Labute approximate surface area is 96.5 Å². The van der Waals surface area contributed by atoms with Gasteiger partial charge in [0.15, 0.2) is 0 Å². The van der Waals surface area contributed by atoms with E-state index in [0.29, 0.717) is 0 Å². The lowest BCUT2D eigenvalue weighted by Crippen LogP contribution is -1.83. The zero-order chi connectivity index (χ0) is 12.0. The molecule has 1 N–H and O–H groups in total. The predicted octanol–water partition coefficient (Wildman–Crippen LogP) is 3.42. The molecule has 0 aliphatic carbocycles. The second kappa shape index (κ2) is 5.95. The largest absolute Gasteiger partial charge is 0.497 e. The molecule has 0 saturated heterocycles. The molecule has 1 heterocycles. The highest BCUT2D eigenvalue weighted by atomic mass is 16.5. The van der Waals surface area contributed by atoms with Crippen LogP contribution in [0.15, 0.2) is 30.5 Å². The third kappa shape index (κ3) is 2.86. The van der Waals surface area contributed by atoms with Gasteiger partial charge in [-0.25, -0.2) is 4.98 Å². The SMILES string of the molecule is CC.COc1cccc(-c2cnc(C)[nH]2)c1. The smallest absolute Gasteiger partial charge is 0.119 e. The van der Waals surface area contributed by atoms with Gasteiger partial charge in [0.2, 0.25) is 0 Å². The molecule has 1 aromatic heterocycles. The number of nitrogens with one attached hydrogen (secondary N) is 1. The van der Waals surface area contributed by atoms with Crippen molar-refractivity contribution in [1.29, 1.82) is 0 Å². The van der Waals surface area contributed by atoms with Crippen molar-refractivity contribution in [3.05, 3.63) is 36.3 Å². The molecule has 0 spiro atoms. The molecule has 16 heavy (non-hydrogen) atoms. The number of aromatic amines is 1. The van der Waals surface area contributed by atoms with E-state index in [0.717, 1.165) is 22.8 Å². The molecule has 2 aromatic rings. The maximum Gasteiger partial charge on any atom is 0.119 e. The van der Waals surface area contributed by atoms with Crippen molar-refractivity contribution in [2.75, 3.05) is 7.11 Å². The fourth-order valence-corrected chi connectivity index (χ4v) is 1.36. The molecule has 0 aliphatic heterocycles. The van der Waals surface area contributed by atoms with Crippen LogP contribution in [0.2, 0.25) is 0 Å². The normalized spacial score (nSPS) is 9.25. The zero-order valence-electron chi connectivity index (χ0n) is 10.2. The molecule has 3 heteroatoms. The first-order valence-corrected chi connectivity index (χ1v) is 5.45. The molecule has 2 rings (SSSR count). The summed E-state index contributed by atoms with van der Waals surface area (Å²) in [5.41, 5.74) is 2.10. The third-order valence-electron chi connectivity index (χ3n) is 2.08. The quantitative estimate of drug-likeness (QED) is 0.838. The highest BCUT2D eigenvalue weighted by Crippen LogP contribution is 2.21. The number of ether oxygens (including phenoxy) is 1. The Bertz CT molecular complexity index is 435. The molecule has 3 nitrogen and oxygen atoms in total. The van der Waals surface area contributed by atoms with Crippen molar-refractivity contribution in [3.8, 4) is 17.0 Å². The first-order chi connectivity index (χ1) is 7.79. The fraction of sp³-hybridized carbons (Fsp3) is 0.308. The summed E-state index contributed by atoms with van der Waals surface area (Å²) in [7, 11) is 1.66. The summed E-state index contributed by atoms with van der Waals surface area (Å²) in [4.78, 5) is 7.33. The molecule has 0 radical (unpaired) electrons. The number of benzene rings is 1. The van der Waals surface area contributed by atoms with Crippen LogP contribution in [0, 0.1) is 6.92 Å². The molecular formula is C13H18N2O. The minimum Gasteiger partial charge on any atom is -0.497 e. The van der Waals surface area contributed by atoms with Crippen LogP contribution < -0.4 is 4.74 Å². The van der Waals surface area contributed by atoms with E-state index < -0.39 is 0 Å². The Hall–Kier alpha value is -1.77. The molecule has 0 aliphatic rings. The lowest BCUT2D eigenvalue weighted by atomic mass is 10.1. The molecule has 0 bridgehead atoms. The van der Waals surface area contributed by atoms with Crippen molar-refractivity contribution < 1.29 is 4.74 Å². The van der Waals surface area contributed by atoms with Crippen molar-refractivity contribution in [3.63, 3.8) is 0 Å². The van der Waals surface area contributed by atoms with Crippen LogP contribution in [0.25, 0.3) is 11.3 Å². The number of aromatic nitrogens is 2. The van der Waals surface area contributed by atoms with Gasteiger partial charge >= 0.3 is 0 Å². The summed E-state index contributed by atoms with van der Waals surface area (Å²) < 4.78 is 5.15. The van der Waals surface area contributed by atoms with E-state index in [1.54, 1.807) is 7.11 Å². The van der Waals surface area contributed by atoms with Gasteiger partial charge in [-0.05, 0) is 19.1 Å². The maximum atomic E-state index is 5.15. The standard InChI is InChI=1S/C11H12N2O.C2H6/c1-8-12-7-11(13-8)9-4-3-5-10(6-9)14-2;1-2/h3-7H,1-2H3,(H,12,13);1-2H3. The summed E-state index contributed by atoms with van der Waals surface area (Å²) >= 11 is 0. The van der Waals surface area contributed by atoms with E-state index >= 15 is 0 Å². The van der Waals surface area contributed by atoms with Gasteiger partial charge in [0.25, 0.3) is 0 Å². The van der Waals surface area contributed by atoms with Gasteiger partial charge in [-0.1, -0.05) is 26.0 Å². The predicted molar refractivity (Wildman–Crippen MR) is 66.7 cm³/mol.